The maximum absolute atomic E-state index is 12.3. The second kappa shape index (κ2) is 4.53. The average Bonchev–Trinajstić information content (AvgIpc) is 3.24. The third-order valence-corrected chi connectivity index (χ3v) is 4.17. The summed E-state index contributed by atoms with van der Waals surface area (Å²) in [6, 6.07) is 0.369. The zero-order valence-corrected chi connectivity index (χ0v) is 10.4. The van der Waals surface area contributed by atoms with Crippen LogP contribution in [0.5, 0.6) is 0 Å². The van der Waals surface area contributed by atoms with Gasteiger partial charge in [-0.05, 0) is 25.7 Å². The Balaban J connectivity index is 1.59. The van der Waals surface area contributed by atoms with Crippen LogP contribution in [0.2, 0.25) is 0 Å². The minimum absolute atomic E-state index is 0.0665. The Labute approximate surface area is 106 Å². The predicted octanol–water partition coefficient (Wildman–Crippen LogP) is 0.735. The second-order valence-electron chi connectivity index (χ2n) is 5.74. The highest BCUT2D eigenvalue weighted by molar-refractivity contribution is 5.89. The molecule has 100 valence electrons. The number of carboxylic acid groups (broad SMARTS) is 1. The van der Waals surface area contributed by atoms with E-state index in [4.69, 9.17) is 9.84 Å². The van der Waals surface area contributed by atoms with E-state index in [0.717, 1.165) is 39.0 Å². The van der Waals surface area contributed by atoms with Gasteiger partial charge in [-0.25, -0.2) is 0 Å². The van der Waals surface area contributed by atoms with Crippen molar-refractivity contribution in [1.82, 2.24) is 4.90 Å². The molecule has 5 nitrogen and oxygen atoms in total. The number of carbonyl (C=O) groups excluding carboxylic acids is 1. The molecule has 3 rings (SSSR count). The fourth-order valence-corrected chi connectivity index (χ4v) is 2.76. The molecule has 0 bridgehead atoms. The first kappa shape index (κ1) is 12.0. The van der Waals surface area contributed by atoms with Crippen molar-refractivity contribution in [2.24, 2.45) is 17.8 Å². The molecule has 3 aliphatic rings. The molecule has 2 saturated carbocycles. The van der Waals surface area contributed by atoms with Crippen LogP contribution in [0.4, 0.5) is 0 Å². The number of hydrogen-bond acceptors (Lipinski definition) is 3. The van der Waals surface area contributed by atoms with E-state index in [1.807, 2.05) is 4.90 Å². The van der Waals surface area contributed by atoms with Crippen molar-refractivity contribution in [2.75, 3.05) is 19.8 Å². The molecule has 0 aromatic rings. The van der Waals surface area contributed by atoms with Crippen molar-refractivity contribution in [1.29, 1.82) is 0 Å². The van der Waals surface area contributed by atoms with Crippen LogP contribution in [-0.2, 0) is 14.3 Å². The van der Waals surface area contributed by atoms with Crippen LogP contribution < -0.4 is 0 Å². The van der Waals surface area contributed by atoms with Gasteiger partial charge >= 0.3 is 5.97 Å². The van der Waals surface area contributed by atoms with Gasteiger partial charge in [0.05, 0.1) is 18.4 Å². The highest BCUT2D eigenvalue weighted by Crippen LogP contribution is 2.42. The molecule has 0 aromatic carbocycles. The van der Waals surface area contributed by atoms with Crippen molar-refractivity contribution in [3.8, 4) is 0 Å². The Morgan fingerprint density at radius 2 is 2.00 bits per heavy atom. The van der Waals surface area contributed by atoms with Gasteiger partial charge in [0, 0.05) is 25.1 Å². The molecule has 1 saturated heterocycles. The number of carbonyl (C=O) groups is 2. The van der Waals surface area contributed by atoms with Crippen LogP contribution in [0.3, 0.4) is 0 Å². The van der Waals surface area contributed by atoms with Gasteiger partial charge in [0.25, 0.3) is 0 Å². The Kier molecular flexibility index (Phi) is 3.01. The van der Waals surface area contributed by atoms with Crippen molar-refractivity contribution in [3.63, 3.8) is 0 Å². The van der Waals surface area contributed by atoms with Crippen LogP contribution >= 0.6 is 0 Å². The van der Waals surface area contributed by atoms with Crippen molar-refractivity contribution < 1.29 is 19.4 Å². The second-order valence-corrected chi connectivity index (χ2v) is 5.74. The summed E-state index contributed by atoms with van der Waals surface area (Å²) in [4.78, 5) is 25.1. The number of hydrogen-bond donors (Lipinski definition) is 1. The quantitative estimate of drug-likeness (QED) is 0.784. The Bertz CT molecular complexity index is 360. The SMILES string of the molecule is O=C(O)[C@@H]1C[C@H]1C(=O)N(C[C@@H]1CCOC1)C1CC1. The van der Waals surface area contributed by atoms with Gasteiger partial charge in [0.2, 0.25) is 5.91 Å². The number of amides is 1. The predicted molar refractivity (Wildman–Crippen MR) is 62.9 cm³/mol. The smallest absolute Gasteiger partial charge is 0.307 e. The van der Waals surface area contributed by atoms with Crippen molar-refractivity contribution >= 4 is 11.9 Å². The van der Waals surface area contributed by atoms with Crippen LogP contribution in [0, 0.1) is 17.8 Å². The molecule has 0 unspecified atom stereocenters. The molecule has 0 radical (unpaired) electrons. The molecule has 1 amide bonds. The highest BCUT2D eigenvalue weighted by atomic mass is 16.5. The topological polar surface area (TPSA) is 66.8 Å². The van der Waals surface area contributed by atoms with E-state index in [9.17, 15) is 9.59 Å². The number of ether oxygens (including phenoxy) is 1. The summed E-state index contributed by atoms with van der Waals surface area (Å²) >= 11 is 0. The van der Waals surface area contributed by atoms with Crippen LogP contribution in [0.25, 0.3) is 0 Å². The molecule has 1 aliphatic heterocycles. The third-order valence-electron chi connectivity index (χ3n) is 4.17. The van der Waals surface area contributed by atoms with Crippen molar-refractivity contribution in [3.05, 3.63) is 0 Å². The first-order valence-electron chi connectivity index (χ1n) is 6.78. The molecule has 2 aliphatic carbocycles. The van der Waals surface area contributed by atoms with E-state index in [2.05, 4.69) is 0 Å². The van der Waals surface area contributed by atoms with Gasteiger partial charge < -0.3 is 14.7 Å². The number of nitrogens with zero attached hydrogens (tertiary/aromatic N) is 1. The number of aliphatic carboxylic acids is 1. The van der Waals surface area contributed by atoms with E-state index < -0.39 is 11.9 Å². The molecule has 5 heteroatoms. The van der Waals surface area contributed by atoms with Gasteiger partial charge in [0.1, 0.15) is 0 Å². The Hall–Kier alpha value is -1.10. The number of carboxylic acids is 1. The molecule has 1 heterocycles. The molecule has 3 atom stereocenters. The van der Waals surface area contributed by atoms with Gasteiger partial charge in [-0.2, -0.15) is 0 Å². The van der Waals surface area contributed by atoms with Crippen LogP contribution in [0.15, 0.2) is 0 Å². The molecule has 18 heavy (non-hydrogen) atoms. The molecular weight excluding hydrogens is 234 g/mol. The lowest BCUT2D eigenvalue weighted by atomic mass is 10.1. The van der Waals surface area contributed by atoms with E-state index in [1.54, 1.807) is 0 Å². The first-order valence-corrected chi connectivity index (χ1v) is 6.78. The molecule has 0 spiro atoms. The Morgan fingerprint density at radius 1 is 1.22 bits per heavy atom. The molecule has 1 N–H and O–H groups in total. The summed E-state index contributed by atoms with van der Waals surface area (Å²) in [5.41, 5.74) is 0. The van der Waals surface area contributed by atoms with Gasteiger partial charge in [0.15, 0.2) is 0 Å². The van der Waals surface area contributed by atoms with E-state index in [0.29, 0.717) is 18.4 Å². The average molecular weight is 253 g/mol. The highest BCUT2D eigenvalue weighted by Gasteiger charge is 2.51. The lowest BCUT2D eigenvalue weighted by Crippen LogP contribution is -2.39. The first-order chi connectivity index (χ1) is 8.66. The van der Waals surface area contributed by atoms with E-state index in [-0.39, 0.29) is 11.8 Å². The van der Waals surface area contributed by atoms with E-state index in [1.165, 1.54) is 0 Å². The number of rotatable bonds is 5. The molecule has 3 fully saturated rings. The van der Waals surface area contributed by atoms with Gasteiger partial charge in [-0.15, -0.1) is 0 Å². The summed E-state index contributed by atoms with van der Waals surface area (Å²) in [6.07, 6.45) is 3.69. The summed E-state index contributed by atoms with van der Waals surface area (Å²) in [6.45, 7) is 2.29. The lowest BCUT2D eigenvalue weighted by molar-refractivity contribution is -0.142. The van der Waals surface area contributed by atoms with Crippen LogP contribution in [0.1, 0.15) is 25.7 Å². The van der Waals surface area contributed by atoms with Crippen LogP contribution in [-0.4, -0.2) is 47.7 Å². The third kappa shape index (κ3) is 2.36. The summed E-state index contributed by atoms with van der Waals surface area (Å²) in [5.74, 6) is -1.01. The Morgan fingerprint density at radius 3 is 2.50 bits per heavy atom. The molecular formula is C13H19NO4. The minimum atomic E-state index is -0.826. The summed E-state index contributed by atoms with van der Waals surface area (Å²) in [5, 5.41) is 8.90. The normalized spacial score (nSPS) is 34.3. The zero-order chi connectivity index (χ0) is 12.7. The van der Waals surface area contributed by atoms with E-state index >= 15 is 0 Å². The maximum atomic E-state index is 12.3. The summed E-state index contributed by atoms with van der Waals surface area (Å²) in [7, 11) is 0. The summed E-state index contributed by atoms with van der Waals surface area (Å²) < 4.78 is 5.34. The largest absolute Gasteiger partial charge is 0.481 e. The standard InChI is InChI=1S/C13H19NO4/c15-12(10-5-11(10)13(16)17)14(9-1-2-9)6-8-3-4-18-7-8/h8-11H,1-7H2,(H,16,17)/t8-,10+,11+/m0/s1. The fraction of sp³-hybridized carbons (Fsp3) is 0.846. The van der Waals surface area contributed by atoms with Crippen molar-refractivity contribution in [2.45, 2.75) is 31.7 Å². The molecule has 0 aromatic heterocycles. The zero-order valence-electron chi connectivity index (χ0n) is 10.4. The fourth-order valence-electron chi connectivity index (χ4n) is 2.76. The minimum Gasteiger partial charge on any atom is -0.481 e. The monoisotopic (exact) mass is 253 g/mol. The van der Waals surface area contributed by atoms with Gasteiger partial charge in [-0.1, -0.05) is 0 Å². The lowest BCUT2D eigenvalue weighted by Gasteiger charge is -2.25. The van der Waals surface area contributed by atoms with Gasteiger partial charge in [-0.3, -0.25) is 9.59 Å². The maximum Gasteiger partial charge on any atom is 0.307 e.